The highest BCUT2D eigenvalue weighted by Gasteiger charge is 2.21. The summed E-state index contributed by atoms with van der Waals surface area (Å²) in [5.74, 6) is 0.363. The number of fused-ring (bicyclic) bond motifs is 3. The first-order valence-electron chi connectivity index (χ1n) is 5.94. The van der Waals surface area contributed by atoms with Gasteiger partial charge in [0.1, 0.15) is 18.1 Å². The number of esters is 1. The molecular formula is C14H13NO4. The van der Waals surface area contributed by atoms with E-state index in [1.165, 1.54) is 7.11 Å². The molecule has 0 saturated carbocycles. The average Bonchev–Trinajstić information content (AvgIpc) is 2.74. The minimum Gasteiger partial charge on any atom is -0.507 e. The Labute approximate surface area is 110 Å². The maximum Gasteiger partial charge on any atom is 0.339 e. The lowest BCUT2D eigenvalue weighted by atomic mass is 10.1. The van der Waals surface area contributed by atoms with E-state index in [1.807, 2.05) is 4.57 Å². The van der Waals surface area contributed by atoms with Crippen molar-refractivity contribution in [2.24, 2.45) is 0 Å². The first kappa shape index (κ1) is 11.6. The Morgan fingerprint density at radius 2 is 2.32 bits per heavy atom. The van der Waals surface area contributed by atoms with Gasteiger partial charge in [0.2, 0.25) is 0 Å². The van der Waals surface area contributed by atoms with E-state index in [0.29, 0.717) is 30.0 Å². The molecule has 0 unspecified atom stereocenters. The summed E-state index contributed by atoms with van der Waals surface area (Å²) in [5, 5.41) is 10.0. The van der Waals surface area contributed by atoms with E-state index < -0.39 is 5.97 Å². The molecule has 2 aromatic rings. The molecule has 5 heteroatoms. The van der Waals surface area contributed by atoms with Crippen LogP contribution in [0.2, 0.25) is 0 Å². The van der Waals surface area contributed by atoms with Gasteiger partial charge in [-0.1, -0.05) is 6.07 Å². The number of methoxy groups -OCH3 is 1. The summed E-state index contributed by atoms with van der Waals surface area (Å²) in [7, 11) is 1.35. The van der Waals surface area contributed by atoms with Crippen molar-refractivity contribution < 1.29 is 19.4 Å². The minimum absolute atomic E-state index is 0.134. The van der Waals surface area contributed by atoms with Gasteiger partial charge < -0.3 is 19.1 Å². The summed E-state index contributed by atoms with van der Waals surface area (Å²) in [6.45, 7) is 1.10. The van der Waals surface area contributed by atoms with Gasteiger partial charge in [-0.15, -0.1) is 0 Å². The summed E-state index contributed by atoms with van der Waals surface area (Å²) >= 11 is 0. The van der Waals surface area contributed by atoms with Gasteiger partial charge in [0, 0.05) is 6.20 Å². The minimum atomic E-state index is -0.390. The van der Waals surface area contributed by atoms with Crippen LogP contribution < -0.4 is 4.74 Å². The highest BCUT2D eigenvalue weighted by molar-refractivity contribution is 5.91. The number of hydrogen-bond acceptors (Lipinski definition) is 4. The second kappa shape index (κ2) is 4.35. The third-order valence-electron chi connectivity index (χ3n) is 3.17. The van der Waals surface area contributed by atoms with Crippen molar-refractivity contribution in [3.05, 3.63) is 36.0 Å². The molecule has 0 spiro atoms. The van der Waals surface area contributed by atoms with Crippen LogP contribution in [0.3, 0.4) is 0 Å². The summed E-state index contributed by atoms with van der Waals surface area (Å²) in [5.41, 5.74) is 1.83. The standard InChI is InChI=1S/C14H13NO4/c1-18-14(17)9-7-10-13-11(16)3-2-4-12(13)19-6-5-15(10)8-9/h2-4,7-8,16H,5-6H2,1H3. The van der Waals surface area contributed by atoms with Crippen LogP contribution in [0.4, 0.5) is 0 Å². The van der Waals surface area contributed by atoms with E-state index in [1.54, 1.807) is 30.5 Å². The number of aromatic nitrogens is 1. The van der Waals surface area contributed by atoms with Gasteiger partial charge in [0.25, 0.3) is 0 Å². The van der Waals surface area contributed by atoms with Crippen LogP contribution in [0.15, 0.2) is 30.5 Å². The van der Waals surface area contributed by atoms with Crippen LogP contribution >= 0.6 is 0 Å². The molecule has 0 saturated heterocycles. The zero-order chi connectivity index (χ0) is 13.4. The summed E-state index contributed by atoms with van der Waals surface area (Å²) in [6.07, 6.45) is 1.71. The molecule has 19 heavy (non-hydrogen) atoms. The van der Waals surface area contributed by atoms with Crippen LogP contribution in [-0.2, 0) is 11.3 Å². The zero-order valence-corrected chi connectivity index (χ0v) is 10.4. The number of phenolic OH excluding ortho intramolecular Hbond substituents is 1. The monoisotopic (exact) mass is 259 g/mol. The molecule has 1 N–H and O–H groups in total. The van der Waals surface area contributed by atoms with Crippen LogP contribution in [0, 0.1) is 0 Å². The fourth-order valence-corrected chi connectivity index (χ4v) is 2.29. The SMILES string of the molecule is COC(=O)c1cc2n(c1)CCOc1cccc(O)c1-2. The summed E-state index contributed by atoms with van der Waals surface area (Å²) in [4.78, 5) is 11.6. The summed E-state index contributed by atoms with van der Waals surface area (Å²) < 4.78 is 12.2. The summed E-state index contributed by atoms with van der Waals surface area (Å²) in [6, 6.07) is 6.84. The molecule has 0 bridgehead atoms. The number of carbonyl (C=O) groups is 1. The number of rotatable bonds is 1. The molecule has 2 heterocycles. The maximum atomic E-state index is 11.6. The van der Waals surface area contributed by atoms with Gasteiger partial charge in [-0.3, -0.25) is 0 Å². The predicted octanol–water partition coefficient (Wildman–Crippen LogP) is 2.04. The van der Waals surface area contributed by atoms with Crippen molar-refractivity contribution in [2.45, 2.75) is 6.54 Å². The molecule has 0 aliphatic carbocycles. The fourth-order valence-electron chi connectivity index (χ4n) is 2.29. The van der Waals surface area contributed by atoms with E-state index >= 15 is 0 Å². The largest absolute Gasteiger partial charge is 0.507 e. The quantitative estimate of drug-likeness (QED) is 0.796. The second-order valence-corrected chi connectivity index (χ2v) is 4.30. The van der Waals surface area contributed by atoms with Gasteiger partial charge in [0.05, 0.1) is 30.5 Å². The Hall–Kier alpha value is -2.43. The van der Waals surface area contributed by atoms with E-state index in [9.17, 15) is 9.90 Å². The molecule has 1 aliphatic rings. The van der Waals surface area contributed by atoms with Gasteiger partial charge in [-0.05, 0) is 18.2 Å². The second-order valence-electron chi connectivity index (χ2n) is 4.30. The lowest BCUT2D eigenvalue weighted by Crippen LogP contribution is -2.05. The van der Waals surface area contributed by atoms with Gasteiger partial charge in [0.15, 0.2) is 0 Å². The van der Waals surface area contributed by atoms with Crippen molar-refractivity contribution in [3.8, 4) is 22.8 Å². The molecule has 0 amide bonds. The molecule has 1 aliphatic heterocycles. The van der Waals surface area contributed by atoms with Gasteiger partial charge in [-0.25, -0.2) is 4.79 Å². The zero-order valence-electron chi connectivity index (χ0n) is 10.4. The maximum absolute atomic E-state index is 11.6. The first-order chi connectivity index (χ1) is 9.20. The average molecular weight is 259 g/mol. The van der Waals surface area contributed by atoms with Gasteiger partial charge >= 0.3 is 5.97 Å². The molecule has 0 radical (unpaired) electrons. The predicted molar refractivity (Wildman–Crippen MR) is 68.4 cm³/mol. The molecule has 5 nitrogen and oxygen atoms in total. The third kappa shape index (κ3) is 1.83. The normalized spacial score (nSPS) is 12.9. The van der Waals surface area contributed by atoms with Crippen molar-refractivity contribution in [1.82, 2.24) is 4.57 Å². The van der Waals surface area contributed by atoms with Crippen LogP contribution in [-0.4, -0.2) is 29.4 Å². The Morgan fingerprint density at radius 1 is 1.47 bits per heavy atom. The smallest absolute Gasteiger partial charge is 0.339 e. The van der Waals surface area contributed by atoms with Crippen molar-refractivity contribution in [3.63, 3.8) is 0 Å². The third-order valence-corrected chi connectivity index (χ3v) is 3.17. The lowest BCUT2D eigenvalue weighted by Gasteiger charge is -2.08. The van der Waals surface area contributed by atoms with Crippen molar-refractivity contribution in [1.29, 1.82) is 0 Å². The topological polar surface area (TPSA) is 60.7 Å². The Balaban J connectivity index is 2.20. The number of carbonyl (C=O) groups excluding carboxylic acids is 1. The highest BCUT2D eigenvalue weighted by Crippen LogP contribution is 2.40. The molecular weight excluding hydrogens is 246 g/mol. The van der Waals surface area contributed by atoms with Crippen LogP contribution in [0.25, 0.3) is 11.3 Å². The first-order valence-corrected chi connectivity index (χ1v) is 5.94. The molecule has 1 aromatic carbocycles. The van der Waals surface area contributed by atoms with Crippen molar-refractivity contribution >= 4 is 5.97 Å². The van der Waals surface area contributed by atoms with Crippen LogP contribution in [0.5, 0.6) is 11.5 Å². The van der Waals surface area contributed by atoms with E-state index in [0.717, 1.165) is 5.69 Å². The number of benzene rings is 1. The Kier molecular flexibility index (Phi) is 2.67. The Bertz CT molecular complexity index is 645. The molecule has 0 fully saturated rings. The number of ether oxygens (including phenoxy) is 2. The highest BCUT2D eigenvalue weighted by atomic mass is 16.5. The number of hydrogen-bond donors (Lipinski definition) is 1. The van der Waals surface area contributed by atoms with E-state index in [2.05, 4.69) is 0 Å². The van der Waals surface area contributed by atoms with Crippen molar-refractivity contribution in [2.75, 3.05) is 13.7 Å². The Morgan fingerprint density at radius 3 is 3.11 bits per heavy atom. The van der Waals surface area contributed by atoms with E-state index in [4.69, 9.17) is 9.47 Å². The molecule has 0 atom stereocenters. The number of aromatic hydroxyl groups is 1. The van der Waals surface area contributed by atoms with Gasteiger partial charge in [-0.2, -0.15) is 0 Å². The number of nitrogens with zero attached hydrogens (tertiary/aromatic N) is 1. The molecule has 1 aromatic heterocycles. The van der Waals surface area contributed by atoms with E-state index in [-0.39, 0.29) is 5.75 Å². The molecule has 98 valence electrons. The molecule has 3 rings (SSSR count). The lowest BCUT2D eigenvalue weighted by molar-refractivity contribution is 0.0600. The fraction of sp³-hybridized carbons (Fsp3) is 0.214. The number of phenols is 1. The van der Waals surface area contributed by atoms with Crippen LogP contribution in [0.1, 0.15) is 10.4 Å².